The first-order valence-electron chi connectivity index (χ1n) is 10.4. The van der Waals surface area contributed by atoms with Gasteiger partial charge in [-0.25, -0.2) is 9.78 Å². The van der Waals surface area contributed by atoms with E-state index in [0.29, 0.717) is 55.0 Å². The van der Waals surface area contributed by atoms with E-state index in [-0.39, 0.29) is 22.7 Å². The van der Waals surface area contributed by atoms with E-state index in [4.69, 9.17) is 14.2 Å². The van der Waals surface area contributed by atoms with Gasteiger partial charge in [-0.15, -0.1) is 0 Å². The summed E-state index contributed by atoms with van der Waals surface area (Å²) in [7, 11) is 4.71. The Kier molecular flexibility index (Phi) is 6.09. The number of hydrogen-bond donors (Lipinski definition) is 1. The predicted molar refractivity (Wildman–Crippen MR) is 118 cm³/mol. The second kappa shape index (κ2) is 8.96. The van der Waals surface area contributed by atoms with Crippen LogP contribution in [0.15, 0.2) is 34.0 Å². The lowest BCUT2D eigenvalue weighted by atomic mass is 9.79. The molecule has 0 saturated heterocycles. The fraction of sp³-hybridized carbons (Fsp3) is 0.391. The number of Topliss-reactive ketones (excluding diaryl/α,β-unsaturated/α-hetero) is 1. The van der Waals surface area contributed by atoms with E-state index in [1.807, 2.05) is 12.1 Å². The van der Waals surface area contributed by atoms with Crippen molar-refractivity contribution in [3.05, 3.63) is 61.9 Å². The van der Waals surface area contributed by atoms with Gasteiger partial charge in [-0.1, -0.05) is 6.07 Å². The molecule has 1 atom stereocenters. The third-order valence-electron chi connectivity index (χ3n) is 5.91. The van der Waals surface area contributed by atoms with Gasteiger partial charge in [0.1, 0.15) is 5.65 Å². The molecule has 0 aliphatic heterocycles. The number of H-pyrrole nitrogens is 1. The van der Waals surface area contributed by atoms with E-state index in [2.05, 4.69) is 9.97 Å². The maximum absolute atomic E-state index is 13.0. The fourth-order valence-corrected chi connectivity index (χ4v) is 4.33. The minimum absolute atomic E-state index is 0.0861. The highest BCUT2D eigenvalue weighted by atomic mass is 16.5. The third-order valence-corrected chi connectivity index (χ3v) is 5.91. The summed E-state index contributed by atoms with van der Waals surface area (Å²) < 4.78 is 17.2. The fourth-order valence-electron chi connectivity index (χ4n) is 4.33. The van der Waals surface area contributed by atoms with Crippen LogP contribution in [0.3, 0.4) is 0 Å². The van der Waals surface area contributed by atoms with Gasteiger partial charge in [-0.3, -0.25) is 19.1 Å². The van der Waals surface area contributed by atoms with E-state index < -0.39 is 11.2 Å². The lowest BCUT2D eigenvalue weighted by Gasteiger charge is -2.25. The van der Waals surface area contributed by atoms with E-state index in [9.17, 15) is 14.4 Å². The molecule has 0 saturated carbocycles. The van der Waals surface area contributed by atoms with E-state index in [1.54, 1.807) is 27.4 Å². The topological polar surface area (TPSA) is 113 Å². The summed E-state index contributed by atoms with van der Waals surface area (Å²) in [6.07, 6.45) is 2.83. The van der Waals surface area contributed by atoms with Crippen LogP contribution in [-0.2, 0) is 17.7 Å². The summed E-state index contributed by atoms with van der Waals surface area (Å²) in [4.78, 5) is 44.9. The van der Waals surface area contributed by atoms with Crippen molar-refractivity contribution >= 4 is 16.8 Å². The Morgan fingerprint density at radius 3 is 2.59 bits per heavy atom. The average Bonchev–Trinajstić information content (AvgIpc) is 2.80. The number of ketones is 1. The van der Waals surface area contributed by atoms with Gasteiger partial charge in [-0.2, -0.15) is 0 Å². The number of aromatic nitrogens is 3. The first-order chi connectivity index (χ1) is 15.5. The Bertz CT molecular complexity index is 1290. The first kappa shape index (κ1) is 21.8. The van der Waals surface area contributed by atoms with E-state index in [1.165, 1.54) is 10.8 Å². The molecule has 1 aliphatic carbocycles. The van der Waals surface area contributed by atoms with Crippen LogP contribution in [0.5, 0.6) is 11.5 Å². The number of fused-ring (bicyclic) bond motifs is 3. The molecule has 32 heavy (non-hydrogen) atoms. The number of aromatic amines is 1. The standard InChI is InChI=1S/C23H25N3O6/c1-30-8-4-7-26-21-20(22(28)25-23(26)29)15-9-14(10-17(27)16(15)12-24-21)13-5-6-18(31-2)19(11-13)32-3/h5-6,11-12,14H,4,7-10H2,1-3H3,(H,25,28,29)/t14-/m0/s1. The van der Waals surface area contributed by atoms with Gasteiger partial charge >= 0.3 is 5.69 Å². The van der Waals surface area contributed by atoms with Crippen molar-refractivity contribution in [2.75, 3.05) is 27.9 Å². The third kappa shape index (κ3) is 3.80. The summed E-state index contributed by atoms with van der Waals surface area (Å²) in [5, 5.41) is 0.290. The van der Waals surface area contributed by atoms with E-state index in [0.717, 1.165) is 5.56 Å². The van der Waals surface area contributed by atoms with Gasteiger partial charge < -0.3 is 14.2 Å². The number of carbonyl (C=O) groups excluding carboxylic acids is 1. The van der Waals surface area contributed by atoms with Crippen molar-refractivity contribution < 1.29 is 19.0 Å². The highest BCUT2D eigenvalue weighted by molar-refractivity contribution is 6.02. The maximum Gasteiger partial charge on any atom is 0.329 e. The Morgan fingerprint density at radius 2 is 1.88 bits per heavy atom. The SMILES string of the molecule is COCCCn1c(=O)[nH]c(=O)c2c3c(cnc21)C(=O)C[C@@H](c1ccc(OC)c(OC)c1)C3. The molecular weight excluding hydrogens is 414 g/mol. The van der Waals surface area contributed by atoms with Crippen molar-refractivity contribution in [3.8, 4) is 11.5 Å². The molecule has 1 N–H and O–H groups in total. The Hall–Kier alpha value is -3.46. The Labute approximate surface area is 184 Å². The second-order valence-corrected chi connectivity index (χ2v) is 7.75. The number of benzene rings is 1. The summed E-state index contributed by atoms with van der Waals surface area (Å²) in [6.45, 7) is 0.816. The number of rotatable bonds is 7. The molecule has 0 fully saturated rings. The molecule has 2 heterocycles. The molecule has 0 bridgehead atoms. The van der Waals surface area contributed by atoms with Crippen LogP contribution in [0.4, 0.5) is 0 Å². The highest BCUT2D eigenvalue weighted by Crippen LogP contribution is 2.38. The van der Waals surface area contributed by atoms with Crippen LogP contribution in [0.2, 0.25) is 0 Å². The molecule has 1 aromatic carbocycles. The molecule has 0 unspecified atom stereocenters. The summed E-state index contributed by atoms with van der Waals surface area (Å²) in [5.74, 6) is 0.947. The largest absolute Gasteiger partial charge is 0.493 e. The number of methoxy groups -OCH3 is 3. The summed E-state index contributed by atoms with van der Waals surface area (Å²) in [5.41, 5.74) is 1.20. The number of nitrogens with zero attached hydrogens (tertiary/aromatic N) is 2. The normalized spacial score (nSPS) is 15.6. The maximum atomic E-state index is 13.0. The van der Waals surface area contributed by atoms with Gasteiger partial charge in [0, 0.05) is 38.4 Å². The van der Waals surface area contributed by atoms with Crippen molar-refractivity contribution in [2.45, 2.75) is 31.7 Å². The molecule has 9 nitrogen and oxygen atoms in total. The number of pyridine rings is 1. The first-order valence-corrected chi connectivity index (χ1v) is 10.4. The summed E-state index contributed by atoms with van der Waals surface area (Å²) >= 11 is 0. The minimum atomic E-state index is -0.530. The highest BCUT2D eigenvalue weighted by Gasteiger charge is 2.30. The number of aryl methyl sites for hydroxylation is 1. The number of hydrogen-bond acceptors (Lipinski definition) is 7. The van der Waals surface area contributed by atoms with Crippen molar-refractivity contribution in [1.29, 1.82) is 0 Å². The van der Waals surface area contributed by atoms with Crippen LogP contribution in [0, 0.1) is 0 Å². The summed E-state index contributed by atoms with van der Waals surface area (Å²) in [6, 6.07) is 5.56. The van der Waals surface area contributed by atoms with Gasteiger partial charge in [0.2, 0.25) is 0 Å². The Balaban J connectivity index is 1.82. The van der Waals surface area contributed by atoms with Gasteiger partial charge in [0.25, 0.3) is 5.56 Å². The molecule has 3 aromatic rings. The van der Waals surface area contributed by atoms with Gasteiger partial charge in [0.05, 0.1) is 19.6 Å². The zero-order chi connectivity index (χ0) is 22.8. The molecule has 9 heteroatoms. The molecule has 1 aliphatic rings. The van der Waals surface area contributed by atoms with Crippen LogP contribution < -0.4 is 20.7 Å². The minimum Gasteiger partial charge on any atom is -0.493 e. The Morgan fingerprint density at radius 1 is 1.09 bits per heavy atom. The van der Waals surface area contributed by atoms with Crippen LogP contribution in [-0.4, -0.2) is 48.3 Å². The molecule has 0 spiro atoms. The van der Waals surface area contributed by atoms with Crippen molar-refractivity contribution in [1.82, 2.24) is 14.5 Å². The number of carbonyl (C=O) groups is 1. The van der Waals surface area contributed by atoms with Gasteiger partial charge in [-0.05, 0) is 42.0 Å². The average molecular weight is 439 g/mol. The molecular formula is C23H25N3O6. The zero-order valence-corrected chi connectivity index (χ0v) is 18.3. The van der Waals surface area contributed by atoms with Gasteiger partial charge in [0.15, 0.2) is 17.3 Å². The van der Waals surface area contributed by atoms with Crippen molar-refractivity contribution in [3.63, 3.8) is 0 Å². The molecule has 0 amide bonds. The molecule has 4 rings (SSSR count). The smallest absolute Gasteiger partial charge is 0.329 e. The predicted octanol–water partition coefficient (Wildman–Crippen LogP) is 2.05. The van der Waals surface area contributed by atoms with Crippen LogP contribution in [0.1, 0.15) is 40.2 Å². The molecule has 0 radical (unpaired) electrons. The quantitative estimate of drug-likeness (QED) is 0.561. The lowest BCUT2D eigenvalue weighted by molar-refractivity contribution is 0.0964. The van der Waals surface area contributed by atoms with Crippen LogP contribution >= 0.6 is 0 Å². The van der Waals surface area contributed by atoms with Crippen molar-refractivity contribution in [2.24, 2.45) is 0 Å². The number of nitrogens with one attached hydrogen (secondary N) is 1. The zero-order valence-electron chi connectivity index (χ0n) is 18.3. The number of ether oxygens (including phenoxy) is 3. The van der Waals surface area contributed by atoms with Crippen LogP contribution in [0.25, 0.3) is 11.0 Å². The molecule has 168 valence electrons. The second-order valence-electron chi connectivity index (χ2n) is 7.75. The monoisotopic (exact) mass is 439 g/mol. The van der Waals surface area contributed by atoms with E-state index >= 15 is 0 Å². The molecule has 2 aromatic heterocycles. The lowest BCUT2D eigenvalue weighted by Crippen LogP contribution is -2.33.